The van der Waals surface area contributed by atoms with E-state index < -0.39 is 11.0 Å². The Morgan fingerprint density at radius 1 is 1.56 bits per heavy atom. The van der Waals surface area contributed by atoms with Crippen molar-refractivity contribution >= 4 is 5.91 Å². The summed E-state index contributed by atoms with van der Waals surface area (Å²) in [6.07, 6.45) is 0.630. The lowest BCUT2D eigenvalue weighted by Crippen LogP contribution is -2.51. The molecule has 2 aliphatic heterocycles. The smallest absolute Gasteiger partial charge is 0.232 e. The number of likely N-dealkylation sites (tertiary alicyclic amines) is 1. The van der Waals surface area contributed by atoms with Crippen LogP contribution in [0.4, 0.5) is 0 Å². The molecule has 0 aromatic carbocycles. The monoisotopic (exact) mass is 228 g/mol. The molecule has 0 saturated carbocycles. The van der Waals surface area contributed by atoms with Gasteiger partial charge in [0, 0.05) is 19.1 Å². The Bertz CT molecular complexity index is 306. The Morgan fingerprint density at radius 3 is 2.69 bits per heavy atom. The molecule has 5 heteroatoms. The maximum atomic E-state index is 12.3. The number of carbonyl (C=O) groups is 1. The summed E-state index contributed by atoms with van der Waals surface area (Å²) >= 11 is 0. The van der Waals surface area contributed by atoms with Gasteiger partial charge in [0.2, 0.25) is 5.91 Å². The molecule has 0 aromatic heterocycles. The van der Waals surface area contributed by atoms with Gasteiger partial charge >= 0.3 is 0 Å². The molecule has 3 unspecified atom stereocenters. The highest BCUT2D eigenvalue weighted by Crippen LogP contribution is 2.32. The van der Waals surface area contributed by atoms with Gasteiger partial charge in [-0.05, 0) is 20.3 Å². The first-order valence-corrected chi connectivity index (χ1v) is 5.70. The summed E-state index contributed by atoms with van der Waals surface area (Å²) in [7, 11) is 0. The van der Waals surface area contributed by atoms with Crippen molar-refractivity contribution in [1.82, 2.24) is 4.90 Å². The average Bonchev–Trinajstić information content (AvgIpc) is 2.71. The fourth-order valence-corrected chi connectivity index (χ4v) is 2.39. The van der Waals surface area contributed by atoms with Crippen LogP contribution in [0.25, 0.3) is 0 Å². The van der Waals surface area contributed by atoms with Gasteiger partial charge < -0.3 is 20.5 Å². The summed E-state index contributed by atoms with van der Waals surface area (Å²) in [5.41, 5.74) is 4.54. The van der Waals surface area contributed by atoms with Crippen LogP contribution in [0.5, 0.6) is 0 Å². The number of hydrogen-bond donors (Lipinski definition) is 2. The summed E-state index contributed by atoms with van der Waals surface area (Å²) < 4.78 is 5.27. The summed E-state index contributed by atoms with van der Waals surface area (Å²) in [6.45, 7) is 5.42. The molecule has 2 rings (SSSR count). The van der Waals surface area contributed by atoms with E-state index in [4.69, 9.17) is 10.5 Å². The molecule has 2 heterocycles. The Kier molecular flexibility index (Phi) is 2.72. The normalized spacial score (nSPS) is 44.0. The minimum atomic E-state index is -0.754. The molecule has 2 aliphatic rings. The highest BCUT2D eigenvalue weighted by atomic mass is 16.5. The van der Waals surface area contributed by atoms with Crippen LogP contribution in [0.3, 0.4) is 0 Å². The molecule has 16 heavy (non-hydrogen) atoms. The molecule has 92 valence electrons. The van der Waals surface area contributed by atoms with Crippen LogP contribution in [0, 0.1) is 5.41 Å². The average molecular weight is 228 g/mol. The number of nitrogens with zero attached hydrogens (tertiary/aromatic N) is 1. The quantitative estimate of drug-likeness (QED) is 0.624. The number of hydrogen-bond acceptors (Lipinski definition) is 4. The molecule has 0 radical (unpaired) electrons. The third kappa shape index (κ3) is 1.83. The second-order valence-electron chi connectivity index (χ2n) is 5.51. The van der Waals surface area contributed by atoms with Crippen molar-refractivity contribution in [2.45, 2.75) is 31.9 Å². The zero-order chi connectivity index (χ0) is 12.0. The van der Waals surface area contributed by atoms with E-state index in [9.17, 15) is 9.90 Å². The standard InChI is InChI=1S/C11H20N2O3/c1-10(15)3-4-13(6-10)9(14)11(2)7-16-5-8(11)12/h8,15H,3-7,12H2,1-2H3. The molecule has 0 aliphatic carbocycles. The largest absolute Gasteiger partial charge is 0.388 e. The molecule has 2 fully saturated rings. The first-order valence-electron chi connectivity index (χ1n) is 5.70. The van der Waals surface area contributed by atoms with Crippen molar-refractivity contribution in [2.24, 2.45) is 11.1 Å². The lowest BCUT2D eigenvalue weighted by molar-refractivity contribution is -0.141. The zero-order valence-corrected chi connectivity index (χ0v) is 9.90. The van der Waals surface area contributed by atoms with E-state index in [0.29, 0.717) is 32.7 Å². The van der Waals surface area contributed by atoms with Crippen molar-refractivity contribution in [3.05, 3.63) is 0 Å². The van der Waals surface area contributed by atoms with Crippen molar-refractivity contribution in [3.63, 3.8) is 0 Å². The van der Waals surface area contributed by atoms with Crippen molar-refractivity contribution in [2.75, 3.05) is 26.3 Å². The molecule has 2 saturated heterocycles. The summed E-state index contributed by atoms with van der Waals surface area (Å²) in [4.78, 5) is 14.0. The predicted octanol–water partition coefficient (Wildman–Crippen LogP) is -0.666. The fourth-order valence-electron chi connectivity index (χ4n) is 2.39. The van der Waals surface area contributed by atoms with Crippen molar-refractivity contribution < 1.29 is 14.6 Å². The van der Waals surface area contributed by atoms with Crippen LogP contribution in [0.1, 0.15) is 20.3 Å². The topological polar surface area (TPSA) is 75.8 Å². The minimum Gasteiger partial charge on any atom is -0.388 e. The van der Waals surface area contributed by atoms with Gasteiger partial charge in [-0.15, -0.1) is 0 Å². The highest BCUT2D eigenvalue weighted by molar-refractivity contribution is 5.84. The molecular weight excluding hydrogens is 208 g/mol. The Hall–Kier alpha value is -0.650. The molecule has 0 bridgehead atoms. The SMILES string of the molecule is CC1(O)CCN(C(=O)C2(C)COCC2N)C1. The van der Waals surface area contributed by atoms with Gasteiger partial charge in [-0.1, -0.05) is 0 Å². The van der Waals surface area contributed by atoms with Gasteiger partial charge in [0.15, 0.2) is 0 Å². The molecule has 0 aromatic rings. The first kappa shape index (κ1) is 11.8. The van der Waals surface area contributed by atoms with Crippen LogP contribution in [0.15, 0.2) is 0 Å². The van der Waals surface area contributed by atoms with E-state index in [1.807, 2.05) is 6.92 Å². The van der Waals surface area contributed by atoms with E-state index in [-0.39, 0.29) is 11.9 Å². The Labute approximate surface area is 95.5 Å². The minimum absolute atomic E-state index is 0.00951. The maximum Gasteiger partial charge on any atom is 0.232 e. The number of amides is 1. The Morgan fingerprint density at radius 2 is 2.25 bits per heavy atom. The Balaban J connectivity index is 2.08. The molecule has 0 spiro atoms. The van der Waals surface area contributed by atoms with E-state index >= 15 is 0 Å². The van der Waals surface area contributed by atoms with E-state index in [2.05, 4.69) is 0 Å². The number of β-amino-alcohol motifs (C(OH)–C–C–N with tert-alkyl or cyclic N) is 1. The van der Waals surface area contributed by atoms with Crippen LogP contribution in [-0.2, 0) is 9.53 Å². The molecule has 3 N–H and O–H groups in total. The molecule has 5 nitrogen and oxygen atoms in total. The number of carbonyl (C=O) groups excluding carboxylic acids is 1. The number of rotatable bonds is 1. The fraction of sp³-hybridized carbons (Fsp3) is 0.909. The summed E-state index contributed by atoms with van der Waals surface area (Å²) in [5.74, 6) is 0.00951. The van der Waals surface area contributed by atoms with Crippen LogP contribution < -0.4 is 5.73 Å². The van der Waals surface area contributed by atoms with Gasteiger partial charge in [0.1, 0.15) is 0 Å². The number of ether oxygens (including phenoxy) is 1. The molecule has 1 amide bonds. The highest BCUT2D eigenvalue weighted by Gasteiger charge is 2.48. The van der Waals surface area contributed by atoms with Gasteiger partial charge in [-0.25, -0.2) is 0 Å². The third-order valence-corrected chi connectivity index (χ3v) is 3.75. The molecular formula is C11H20N2O3. The first-order chi connectivity index (χ1) is 7.35. The maximum absolute atomic E-state index is 12.3. The lowest BCUT2D eigenvalue weighted by Gasteiger charge is -2.31. The van der Waals surface area contributed by atoms with E-state index in [1.165, 1.54) is 0 Å². The summed E-state index contributed by atoms with van der Waals surface area (Å²) in [6, 6.07) is -0.245. The van der Waals surface area contributed by atoms with Gasteiger partial charge in [0.05, 0.1) is 24.2 Å². The summed E-state index contributed by atoms with van der Waals surface area (Å²) in [5, 5.41) is 9.85. The predicted molar refractivity (Wildman–Crippen MR) is 58.7 cm³/mol. The number of aliphatic hydroxyl groups is 1. The van der Waals surface area contributed by atoms with E-state index in [1.54, 1.807) is 11.8 Å². The van der Waals surface area contributed by atoms with E-state index in [0.717, 1.165) is 0 Å². The lowest BCUT2D eigenvalue weighted by atomic mass is 9.84. The zero-order valence-electron chi connectivity index (χ0n) is 9.90. The van der Waals surface area contributed by atoms with Crippen LogP contribution >= 0.6 is 0 Å². The third-order valence-electron chi connectivity index (χ3n) is 3.75. The second-order valence-corrected chi connectivity index (χ2v) is 5.51. The van der Waals surface area contributed by atoms with Crippen molar-refractivity contribution in [1.29, 1.82) is 0 Å². The number of nitrogens with two attached hydrogens (primary N) is 1. The van der Waals surface area contributed by atoms with Crippen LogP contribution in [-0.4, -0.2) is 53.9 Å². The van der Waals surface area contributed by atoms with Gasteiger partial charge in [-0.2, -0.15) is 0 Å². The van der Waals surface area contributed by atoms with Gasteiger partial charge in [-0.3, -0.25) is 4.79 Å². The van der Waals surface area contributed by atoms with Crippen LogP contribution in [0.2, 0.25) is 0 Å². The van der Waals surface area contributed by atoms with Gasteiger partial charge in [0.25, 0.3) is 0 Å². The second kappa shape index (κ2) is 3.68. The van der Waals surface area contributed by atoms with Crippen molar-refractivity contribution in [3.8, 4) is 0 Å². The molecule has 3 atom stereocenters.